The molecule has 0 aromatic carbocycles. The van der Waals surface area contributed by atoms with Crippen molar-refractivity contribution in [3.05, 3.63) is 0 Å². The van der Waals surface area contributed by atoms with Crippen LogP contribution in [-0.4, -0.2) is 29.0 Å². The fraction of sp³-hybridized carbons (Fsp3) is 1.00. The molecule has 0 saturated heterocycles. The predicted octanol–water partition coefficient (Wildman–Crippen LogP) is 1.80. The van der Waals surface area contributed by atoms with E-state index >= 15 is 0 Å². The van der Waals surface area contributed by atoms with Gasteiger partial charge in [-0.3, -0.25) is 0 Å². The van der Waals surface area contributed by atoms with E-state index in [0.717, 1.165) is 19.3 Å². The molecular formula is C11H26O4Si. The summed E-state index contributed by atoms with van der Waals surface area (Å²) in [4.78, 5) is 27.5. The molecule has 0 fully saturated rings. The first-order chi connectivity index (χ1) is 7.20. The molecule has 0 aliphatic carbocycles. The third-order valence-corrected chi connectivity index (χ3v) is 4.91. The van der Waals surface area contributed by atoms with Crippen LogP contribution in [0.4, 0.5) is 0 Å². The maximum atomic E-state index is 9.16. The van der Waals surface area contributed by atoms with Crippen molar-refractivity contribution < 1.29 is 18.8 Å². The molecule has 1 atom stereocenters. The third kappa shape index (κ3) is 3.27. The lowest BCUT2D eigenvalue weighted by atomic mass is 9.66. The second-order valence-corrected chi connectivity index (χ2v) is 5.95. The fourth-order valence-electron chi connectivity index (χ4n) is 2.73. The normalized spacial score (nSPS) is 17.2. The van der Waals surface area contributed by atoms with Crippen molar-refractivity contribution >= 4 is 9.05 Å². The SMILES string of the molecule is CCC(CC)(CC)C(C)(CC)O[Si](O)(O)O. The van der Waals surface area contributed by atoms with Gasteiger partial charge in [0.15, 0.2) is 0 Å². The molecule has 0 bridgehead atoms. The first-order valence-corrected chi connectivity index (χ1v) is 7.82. The average molecular weight is 250 g/mol. The maximum absolute atomic E-state index is 9.16. The van der Waals surface area contributed by atoms with E-state index in [1.54, 1.807) is 0 Å². The molecule has 0 aliphatic heterocycles. The molecule has 0 saturated carbocycles. The van der Waals surface area contributed by atoms with E-state index in [2.05, 4.69) is 20.8 Å². The van der Waals surface area contributed by atoms with Crippen LogP contribution in [0.3, 0.4) is 0 Å². The van der Waals surface area contributed by atoms with Crippen molar-refractivity contribution in [2.24, 2.45) is 5.41 Å². The zero-order chi connectivity index (χ0) is 13.0. The van der Waals surface area contributed by atoms with Crippen LogP contribution in [0.1, 0.15) is 60.3 Å². The largest absolute Gasteiger partial charge is 0.671 e. The van der Waals surface area contributed by atoms with Crippen LogP contribution in [0.25, 0.3) is 0 Å². The highest BCUT2D eigenvalue weighted by Gasteiger charge is 2.50. The van der Waals surface area contributed by atoms with E-state index in [1.807, 2.05) is 13.8 Å². The van der Waals surface area contributed by atoms with Crippen LogP contribution in [0, 0.1) is 5.41 Å². The minimum atomic E-state index is -4.47. The highest BCUT2D eigenvalue weighted by atomic mass is 28.4. The van der Waals surface area contributed by atoms with E-state index in [1.165, 1.54) is 0 Å². The van der Waals surface area contributed by atoms with Crippen molar-refractivity contribution in [2.45, 2.75) is 65.9 Å². The Kier molecular flexibility index (Phi) is 5.62. The van der Waals surface area contributed by atoms with E-state index in [9.17, 15) is 0 Å². The van der Waals surface area contributed by atoms with Gasteiger partial charge in [-0.2, -0.15) is 0 Å². The standard InChI is InChI=1S/C11H26O4Si/c1-6-10(5,15-16(12,13)14)11(7-2,8-3)9-4/h12-14H,6-9H2,1-5H3. The van der Waals surface area contributed by atoms with Crippen molar-refractivity contribution in [2.75, 3.05) is 0 Å². The monoisotopic (exact) mass is 250 g/mol. The summed E-state index contributed by atoms with van der Waals surface area (Å²) in [5.74, 6) is 0. The van der Waals surface area contributed by atoms with Gasteiger partial charge in [0.05, 0.1) is 5.60 Å². The van der Waals surface area contributed by atoms with Gasteiger partial charge in [-0.05, 0) is 38.0 Å². The summed E-state index contributed by atoms with van der Waals surface area (Å²) in [6.07, 6.45) is 3.29. The molecule has 98 valence electrons. The topological polar surface area (TPSA) is 69.9 Å². The van der Waals surface area contributed by atoms with Crippen molar-refractivity contribution in [3.8, 4) is 0 Å². The van der Waals surface area contributed by atoms with E-state index in [-0.39, 0.29) is 5.41 Å². The Balaban J connectivity index is 5.18. The highest BCUT2D eigenvalue weighted by molar-refractivity contribution is 6.48. The molecule has 3 N–H and O–H groups in total. The summed E-state index contributed by atoms with van der Waals surface area (Å²) in [6.45, 7) is 10.0. The first kappa shape index (κ1) is 16.1. The Morgan fingerprint density at radius 1 is 0.875 bits per heavy atom. The predicted molar refractivity (Wildman–Crippen MR) is 65.5 cm³/mol. The van der Waals surface area contributed by atoms with Crippen LogP contribution in [0.15, 0.2) is 0 Å². The molecule has 5 heteroatoms. The van der Waals surface area contributed by atoms with E-state index < -0.39 is 14.6 Å². The summed E-state index contributed by atoms with van der Waals surface area (Å²) >= 11 is 0. The smallest absolute Gasteiger partial charge is 0.368 e. The van der Waals surface area contributed by atoms with E-state index in [4.69, 9.17) is 18.8 Å². The molecule has 0 aromatic rings. The van der Waals surface area contributed by atoms with Crippen molar-refractivity contribution in [1.29, 1.82) is 0 Å². The molecule has 0 radical (unpaired) electrons. The lowest BCUT2D eigenvalue weighted by molar-refractivity contribution is -0.118. The first-order valence-electron chi connectivity index (χ1n) is 6.07. The van der Waals surface area contributed by atoms with E-state index in [0.29, 0.717) is 6.42 Å². The van der Waals surface area contributed by atoms with Gasteiger partial charge in [0.25, 0.3) is 0 Å². The van der Waals surface area contributed by atoms with Crippen molar-refractivity contribution in [3.63, 3.8) is 0 Å². The Morgan fingerprint density at radius 2 is 1.25 bits per heavy atom. The zero-order valence-electron chi connectivity index (χ0n) is 11.1. The van der Waals surface area contributed by atoms with Crippen LogP contribution in [-0.2, 0) is 4.43 Å². The minimum absolute atomic E-state index is 0.131. The molecule has 0 amide bonds. The summed E-state index contributed by atoms with van der Waals surface area (Å²) in [5.41, 5.74) is -0.829. The van der Waals surface area contributed by atoms with Crippen molar-refractivity contribution in [1.82, 2.24) is 0 Å². The average Bonchev–Trinajstić information content (AvgIpc) is 2.18. The zero-order valence-corrected chi connectivity index (χ0v) is 12.1. The lowest BCUT2D eigenvalue weighted by Gasteiger charge is -2.48. The van der Waals surface area contributed by atoms with Gasteiger partial charge < -0.3 is 18.8 Å². The third-order valence-electron chi connectivity index (χ3n) is 4.19. The number of hydrogen-bond donors (Lipinski definition) is 3. The van der Waals surface area contributed by atoms with Gasteiger partial charge in [-0.25, -0.2) is 0 Å². The number of hydrogen-bond acceptors (Lipinski definition) is 4. The van der Waals surface area contributed by atoms with Gasteiger partial charge in [0, 0.05) is 0 Å². The molecule has 0 heterocycles. The second kappa shape index (κ2) is 5.60. The summed E-state index contributed by atoms with van der Waals surface area (Å²) in [5, 5.41) is 0. The number of rotatable bonds is 7. The molecule has 1 unspecified atom stereocenters. The van der Waals surface area contributed by atoms with Gasteiger partial charge in [0.2, 0.25) is 0 Å². The molecule has 0 aromatic heterocycles. The molecule has 16 heavy (non-hydrogen) atoms. The molecule has 0 spiro atoms. The second-order valence-electron chi connectivity index (χ2n) is 4.60. The Hall–Kier alpha value is 0.0569. The Bertz CT molecular complexity index is 202. The summed E-state index contributed by atoms with van der Waals surface area (Å²) in [7, 11) is -4.47. The van der Waals surface area contributed by atoms with Crippen LogP contribution in [0.5, 0.6) is 0 Å². The Labute approximate surface area is 99.8 Å². The highest BCUT2D eigenvalue weighted by Crippen LogP contribution is 2.46. The van der Waals surface area contributed by atoms with Gasteiger partial charge in [-0.15, -0.1) is 0 Å². The maximum Gasteiger partial charge on any atom is 0.671 e. The minimum Gasteiger partial charge on any atom is -0.368 e. The van der Waals surface area contributed by atoms with Gasteiger partial charge in [-0.1, -0.05) is 27.7 Å². The Morgan fingerprint density at radius 3 is 1.44 bits per heavy atom. The molecular weight excluding hydrogens is 224 g/mol. The summed E-state index contributed by atoms with van der Waals surface area (Å²) < 4.78 is 5.22. The fourth-order valence-corrected chi connectivity index (χ4v) is 3.69. The van der Waals surface area contributed by atoms with Gasteiger partial charge >= 0.3 is 9.05 Å². The molecule has 0 rings (SSSR count). The van der Waals surface area contributed by atoms with Crippen LogP contribution in [0.2, 0.25) is 0 Å². The molecule has 4 nitrogen and oxygen atoms in total. The lowest BCUT2D eigenvalue weighted by Crippen LogP contribution is -2.55. The quantitative estimate of drug-likeness (QED) is 0.603. The van der Waals surface area contributed by atoms with Crippen LogP contribution < -0.4 is 0 Å². The molecule has 0 aliphatic rings. The van der Waals surface area contributed by atoms with Crippen LogP contribution >= 0.6 is 0 Å². The van der Waals surface area contributed by atoms with Gasteiger partial charge in [0.1, 0.15) is 0 Å². The summed E-state index contributed by atoms with van der Waals surface area (Å²) in [6, 6.07) is 0.